The molecule has 1 unspecified atom stereocenters. The average Bonchev–Trinajstić information content (AvgIpc) is 2.61. The third-order valence-electron chi connectivity index (χ3n) is 2.25. The van der Waals surface area contributed by atoms with Crippen LogP contribution in [-0.2, 0) is 11.3 Å². The summed E-state index contributed by atoms with van der Waals surface area (Å²) in [4.78, 5) is 1.35. The van der Waals surface area contributed by atoms with Crippen molar-refractivity contribution in [3.05, 3.63) is 20.8 Å². The molecule has 0 saturated carbocycles. The fourth-order valence-electron chi connectivity index (χ4n) is 1.48. The van der Waals surface area contributed by atoms with E-state index in [4.69, 9.17) is 4.74 Å². The highest BCUT2D eigenvalue weighted by atomic mass is 79.9. The summed E-state index contributed by atoms with van der Waals surface area (Å²) < 4.78 is 6.39. The number of methoxy groups -OCH3 is 1. The Morgan fingerprint density at radius 2 is 2.40 bits per heavy atom. The molecule has 0 saturated heterocycles. The molecule has 4 heteroatoms. The van der Waals surface area contributed by atoms with E-state index in [0.717, 1.165) is 19.6 Å². The SMILES string of the molecule is CCCC(COC)NCc1sccc1Br. The zero-order valence-corrected chi connectivity index (χ0v) is 11.7. The number of hydrogen-bond acceptors (Lipinski definition) is 3. The maximum atomic E-state index is 5.19. The van der Waals surface area contributed by atoms with E-state index in [1.807, 2.05) is 0 Å². The van der Waals surface area contributed by atoms with Gasteiger partial charge in [-0.15, -0.1) is 11.3 Å². The minimum atomic E-state index is 0.467. The molecule has 0 bridgehead atoms. The van der Waals surface area contributed by atoms with Crippen molar-refractivity contribution < 1.29 is 4.74 Å². The molecule has 86 valence electrons. The fraction of sp³-hybridized carbons (Fsp3) is 0.636. The van der Waals surface area contributed by atoms with Crippen molar-refractivity contribution in [1.29, 1.82) is 0 Å². The van der Waals surface area contributed by atoms with Gasteiger partial charge in [-0.05, 0) is 33.8 Å². The first kappa shape index (κ1) is 13.2. The summed E-state index contributed by atoms with van der Waals surface area (Å²) in [5.41, 5.74) is 0. The molecule has 1 heterocycles. The minimum Gasteiger partial charge on any atom is -0.383 e. The van der Waals surface area contributed by atoms with Gasteiger partial charge in [0.25, 0.3) is 0 Å². The van der Waals surface area contributed by atoms with E-state index >= 15 is 0 Å². The lowest BCUT2D eigenvalue weighted by atomic mass is 10.2. The number of rotatable bonds is 7. The van der Waals surface area contributed by atoms with E-state index in [1.54, 1.807) is 18.4 Å². The number of thiophene rings is 1. The second-order valence-electron chi connectivity index (χ2n) is 3.51. The molecule has 0 aliphatic carbocycles. The summed E-state index contributed by atoms with van der Waals surface area (Å²) in [6, 6.07) is 2.56. The van der Waals surface area contributed by atoms with Crippen LogP contribution in [-0.4, -0.2) is 19.8 Å². The van der Waals surface area contributed by atoms with Gasteiger partial charge in [0, 0.05) is 29.0 Å². The van der Waals surface area contributed by atoms with Gasteiger partial charge in [-0.2, -0.15) is 0 Å². The zero-order chi connectivity index (χ0) is 11.1. The molecule has 0 spiro atoms. The summed E-state index contributed by atoms with van der Waals surface area (Å²) in [5.74, 6) is 0. The predicted octanol–water partition coefficient (Wildman–Crippen LogP) is 3.42. The highest BCUT2D eigenvalue weighted by Crippen LogP contribution is 2.22. The Hall–Kier alpha value is 0.100. The lowest BCUT2D eigenvalue weighted by Crippen LogP contribution is -2.32. The smallest absolute Gasteiger partial charge is 0.0615 e. The highest BCUT2D eigenvalue weighted by molar-refractivity contribution is 9.10. The van der Waals surface area contributed by atoms with Crippen LogP contribution in [0.5, 0.6) is 0 Å². The Morgan fingerprint density at radius 3 is 2.93 bits per heavy atom. The molecule has 1 atom stereocenters. The van der Waals surface area contributed by atoms with Gasteiger partial charge in [0.05, 0.1) is 6.61 Å². The Kier molecular flexibility index (Phi) is 6.48. The average molecular weight is 292 g/mol. The third-order valence-corrected chi connectivity index (χ3v) is 4.17. The van der Waals surface area contributed by atoms with Crippen molar-refractivity contribution >= 4 is 27.3 Å². The molecule has 0 aliphatic rings. The van der Waals surface area contributed by atoms with E-state index in [1.165, 1.54) is 15.8 Å². The van der Waals surface area contributed by atoms with Crippen LogP contribution in [0.3, 0.4) is 0 Å². The molecule has 0 fully saturated rings. The van der Waals surface area contributed by atoms with Crippen molar-refractivity contribution in [2.24, 2.45) is 0 Å². The molecule has 0 aromatic carbocycles. The first-order chi connectivity index (χ1) is 7.27. The number of ether oxygens (including phenoxy) is 1. The van der Waals surface area contributed by atoms with Crippen LogP contribution in [0.15, 0.2) is 15.9 Å². The molecule has 1 aromatic rings. The second-order valence-corrected chi connectivity index (χ2v) is 5.37. The lowest BCUT2D eigenvalue weighted by Gasteiger charge is -2.16. The predicted molar refractivity (Wildman–Crippen MR) is 69.4 cm³/mol. The maximum Gasteiger partial charge on any atom is 0.0615 e. The maximum absolute atomic E-state index is 5.19. The summed E-state index contributed by atoms with van der Waals surface area (Å²) in [6.07, 6.45) is 2.35. The largest absolute Gasteiger partial charge is 0.383 e. The van der Waals surface area contributed by atoms with Crippen LogP contribution in [0.25, 0.3) is 0 Å². The summed E-state index contributed by atoms with van der Waals surface area (Å²) >= 11 is 5.31. The Bertz CT molecular complexity index is 271. The van der Waals surface area contributed by atoms with Gasteiger partial charge >= 0.3 is 0 Å². The molecule has 1 rings (SSSR count). The van der Waals surface area contributed by atoms with E-state index in [-0.39, 0.29) is 0 Å². The topological polar surface area (TPSA) is 21.3 Å². The fourth-order valence-corrected chi connectivity index (χ4v) is 2.93. The number of nitrogens with one attached hydrogen (secondary N) is 1. The molecule has 0 aliphatic heterocycles. The summed E-state index contributed by atoms with van der Waals surface area (Å²) in [6.45, 7) is 3.91. The minimum absolute atomic E-state index is 0.467. The molecule has 15 heavy (non-hydrogen) atoms. The molecular weight excluding hydrogens is 274 g/mol. The first-order valence-electron chi connectivity index (χ1n) is 5.22. The van der Waals surface area contributed by atoms with Gasteiger partial charge in [-0.3, -0.25) is 0 Å². The van der Waals surface area contributed by atoms with Crippen molar-refractivity contribution in [3.63, 3.8) is 0 Å². The van der Waals surface area contributed by atoms with Crippen molar-refractivity contribution in [2.45, 2.75) is 32.4 Å². The van der Waals surface area contributed by atoms with Crippen LogP contribution in [0, 0.1) is 0 Å². The van der Waals surface area contributed by atoms with Gasteiger partial charge in [-0.25, -0.2) is 0 Å². The standard InChI is InChI=1S/C11H18BrNOS/c1-3-4-9(8-14-2)13-7-11-10(12)5-6-15-11/h5-6,9,13H,3-4,7-8H2,1-2H3. The van der Waals surface area contributed by atoms with E-state index in [9.17, 15) is 0 Å². The van der Waals surface area contributed by atoms with Gasteiger partial charge in [0.2, 0.25) is 0 Å². The third kappa shape index (κ3) is 4.64. The lowest BCUT2D eigenvalue weighted by molar-refractivity contribution is 0.161. The van der Waals surface area contributed by atoms with E-state index in [0.29, 0.717) is 6.04 Å². The van der Waals surface area contributed by atoms with Crippen LogP contribution in [0.1, 0.15) is 24.6 Å². The number of halogens is 1. The van der Waals surface area contributed by atoms with Gasteiger partial charge in [0.15, 0.2) is 0 Å². The van der Waals surface area contributed by atoms with Crippen LogP contribution in [0.4, 0.5) is 0 Å². The molecule has 0 radical (unpaired) electrons. The summed E-state index contributed by atoms with van der Waals surface area (Å²) in [7, 11) is 1.76. The van der Waals surface area contributed by atoms with E-state index in [2.05, 4.69) is 39.6 Å². The Labute approximate surface area is 104 Å². The van der Waals surface area contributed by atoms with Crippen molar-refractivity contribution in [2.75, 3.05) is 13.7 Å². The summed E-state index contributed by atoms with van der Waals surface area (Å²) in [5, 5.41) is 5.62. The second kappa shape index (κ2) is 7.39. The van der Waals surface area contributed by atoms with Crippen LogP contribution in [0.2, 0.25) is 0 Å². The van der Waals surface area contributed by atoms with Gasteiger partial charge in [-0.1, -0.05) is 13.3 Å². The molecular formula is C11H18BrNOS. The first-order valence-corrected chi connectivity index (χ1v) is 6.89. The normalized spacial score (nSPS) is 13.0. The van der Waals surface area contributed by atoms with Crippen LogP contribution >= 0.6 is 27.3 Å². The Balaban J connectivity index is 2.36. The molecule has 0 amide bonds. The monoisotopic (exact) mass is 291 g/mol. The van der Waals surface area contributed by atoms with Crippen LogP contribution < -0.4 is 5.32 Å². The van der Waals surface area contributed by atoms with Gasteiger partial charge < -0.3 is 10.1 Å². The number of hydrogen-bond donors (Lipinski definition) is 1. The zero-order valence-electron chi connectivity index (χ0n) is 9.25. The molecule has 1 aromatic heterocycles. The molecule has 1 N–H and O–H groups in total. The highest BCUT2D eigenvalue weighted by Gasteiger charge is 2.08. The van der Waals surface area contributed by atoms with Crippen molar-refractivity contribution in [1.82, 2.24) is 5.32 Å². The van der Waals surface area contributed by atoms with E-state index < -0.39 is 0 Å². The van der Waals surface area contributed by atoms with Gasteiger partial charge in [0.1, 0.15) is 0 Å². The quantitative estimate of drug-likeness (QED) is 0.831. The Morgan fingerprint density at radius 1 is 1.60 bits per heavy atom. The van der Waals surface area contributed by atoms with Crippen molar-refractivity contribution in [3.8, 4) is 0 Å². The molecule has 2 nitrogen and oxygen atoms in total.